The third-order valence-electron chi connectivity index (χ3n) is 20.2. The van der Waals surface area contributed by atoms with Gasteiger partial charge in [-0.25, -0.2) is 4.98 Å². The van der Waals surface area contributed by atoms with Gasteiger partial charge < -0.3 is 9.30 Å². The van der Waals surface area contributed by atoms with E-state index < -0.39 is 32.8 Å². The van der Waals surface area contributed by atoms with E-state index in [1.807, 2.05) is 106 Å². The summed E-state index contributed by atoms with van der Waals surface area (Å²) in [5.41, 5.74) is 12.3. The molecule has 0 fully saturated rings. The molecule has 1 aliphatic heterocycles. The lowest BCUT2D eigenvalue weighted by molar-refractivity contribution is -0.570. The molecule has 6 heteroatoms. The molecule has 0 unspecified atom stereocenters. The number of nitrogens with zero attached hydrogens (tertiary/aromatic N) is 5. The third kappa shape index (κ3) is 8.89. The maximum absolute atomic E-state index is 9.42. The number of ether oxygens (including phenoxy) is 1. The van der Waals surface area contributed by atoms with E-state index in [4.69, 9.17) is 17.9 Å². The maximum Gasteiger partial charge on any atom is 0.269 e. The summed E-state index contributed by atoms with van der Waals surface area (Å²) >= 11 is 0. The fourth-order valence-electron chi connectivity index (χ4n) is 15.3. The van der Waals surface area contributed by atoms with Gasteiger partial charge in [-0.1, -0.05) is 176 Å². The smallest absolute Gasteiger partial charge is 0.269 e. The number of hydrogen-bond donors (Lipinski definition) is 0. The number of benzene rings is 11. The van der Waals surface area contributed by atoms with Crippen molar-refractivity contribution in [1.29, 1.82) is 0 Å². The van der Waals surface area contributed by atoms with Gasteiger partial charge in [0.1, 0.15) is 17.3 Å². The van der Waals surface area contributed by atoms with E-state index >= 15 is 0 Å². The molecule has 5 heterocycles. The van der Waals surface area contributed by atoms with E-state index in [0.717, 1.165) is 107 Å². The molecule has 0 saturated heterocycles. The number of para-hydroxylation sites is 3. The van der Waals surface area contributed by atoms with Crippen LogP contribution in [0, 0.1) is 33.7 Å². The van der Waals surface area contributed by atoms with Crippen LogP contribution in [0.5, 0.6) is 11.5 Å². The zero-order valence-electron chi connectivity index (χ0n) is 65.5. The summed E-state index contributed by atoms with van der Waals surface area (Å²) in [5.74, 6) is 1.83. The Kier molecular flexibility index (Phi) is 10.2. The Morgan fingerprint density at radius 2 is 0.989 bits per heavy atom. The first-order valence-electron chi connectivity index (χ1n) is 38.3. The zero-order valence-corrected chi connectivity index (χ0v) is 53.5. The van der Waals surface area contributed by atoms with Gasteiger partial charge in [-0.2, -0.15) is 0 Å². The minimum Gasteiger partial charge on any atom is -0.458 e. The summed E-state index contributed by atoms with van der Waals surface area (Å²) in [4.78, 5) is 4.95. The quantitative estimate of drug-likeness (QED) is 0.118. The number of pyridine rings is 1. The summed E-state index contributed by atoms with van der Waals surface area (Å²) in [6.07, 6.45) is 7.50. The van der Waals surface area contributed by atoms with Gasteiger partial charge in [0, 0.05) is 55.9 Å². The molecule has 458 valence electrons. The SMILES string of the molecule is [2H]C([2H])([2H])c1cccc(C([2H])([2H])[2H])c1-c1cc2c(c(-c3c(C([2H])([2H])[2H])cccc3C([2H])([2H])[2H])c1)-[n+]1[c-]n(-c3cccc(Oc4ccc5c6ccccc6n(-c6cc(C(C)(C)C)ccn6)c5c4)c3)c3cc(-n4c5ccccc5c5ccccc54)cc(c31)-c1ccccc1-c1cc3c(cc1-2)C(C)(C)CCC3(C)C. The standard InChI is InChI=1S/C88H75N5O/c1-53-23-20-24-54(2)82(53)57-43-71-70-51-75-74(87(8,9)40-41-88(75,10)11)50-69(70)63-29-12-13-30-64(63)72-47-60(92-76-34-17-14-31-65(76)66-32-15-18-35-77(66)92)48-80-85(72)91(84(71)73(44-57)83-55(3)25-21-26-56(83)4)52-90(80)59-27-22-28-61(46-59)94-62-37-38-68-67-33-16-19-36-78(67)93(79(68)49-62)81-45-58(39-42-89-81)86(5,6)7/h12-39,42-51H,40-41H2,1-11H3/i1D3,2D3,3D3,4D3. The van der Waals surface area contributed by atoms with E-state index in [1.165, 1.54) is 36.4 Å². The molecule has 0 saturated carbocycles. The molecule has 94 heavy (non-hydrogen) atoms. The molecule has 6 nitrogen and oxygen atoms in total. The Morgan fingerprint density at radius 1 is 0.447 bits per heavy atom. The highest BCUT2D eigenvalue weighted by atomic mass is 16.5. The van der Waals surface area contributed by atoms with Gasteiger partial charge in [0.15, 0.2) is 0 Å². The van der Waals surface area contributed by atoms with Gasteiger partial charge in [-0.05, 0) is 242 Å². The van der Waals surface area contributed by atoms with E-state index in [0.29, 0.717) is 45.0 Å². The average Bonchev–Trinajstić information content (AvgIpc) is 1.36. The second-order valence-electron chi connectivity index (χ2n) is 27.9. The Hall–Kier alpha value is -10.6. The Morgan fingerprint density at radius 3 is 1.62 bits per heavy atom. The van der Waals surface area contributed by atoms with Crippen LogP contribution in [0.1, 0.15) is 117 Å². The summed E-state index contributed by atoms with van der Waals surface area (Å²) < 4.78 is 127. The predicted molar refractivity (Wildman–Crippen MR) is 390 cm³/mol. The summed E-state index contributed by atoms with van der Waals surface area (Å²) in [7, 11) is 0. The van der Waals surface area contributed by atoms with Crippen LogP contribution >= 0.6 is 0 Å². The van der Waals surface area contributed by atoms with Gasteiger partial charge in [0.05, 0.1) is 44.5 Å². The summed E-state index contributed by atoms with van der Waals surface area (Å²) in [6.45, 7) is 3.91. The van der Waals surface area contributed by atoms with Crippen LogP contribution in [0.15, 0.2) is 231 Å². The highest BCUT2D eigenvalue weighted by Crippen LogP contribution is 2.54. The number of aryl methyl sites for hydroxylation is 4. The second kappa shape index (κ2) is 21.0. The van der Waals surface area contributed by atoms with E-state index in [-0.39, 0.29) is 55.3 Å². The van der Waals surface area contributed by atoms with Gasteiger partial charge >= 0.3 is 0 Å². The first kappa shape index (κ1) is 45.7. The van der Waals surface area contributed by atoms with Crippen molar-refractivity contribution in [2.75, 3.05) is 0 Å². The molecule has 1 aliphatic carbocycles. The van der Waals surface area contributed by atoms with Gasteiger partial charge in [0.25, 0.3) is 6.33 Å². The first-order chi connectivity index (χ1) is 50.2. The van der Waals surface area contributed by atoms with Crippen LogP contribution in [0.3, 0.4) is 0 Å². The van der Waals surface area contributed by atoms with Crippen molar-refractivity contribution >= 4 is 54.6 Å². The highest BCUT2D eigenvalue weighted by molar-refractivity contribution is 6.11. The van der Waals surface area contributed by atoms with Crippen molar-refractivity contribution in [3.8, 4) is 90.0 Å². The van der Waals surface area contributed by atoms with Gasteiger partial charge in [0.2, 0.25) is 0 Å². The second-order valence-corrected chi connectivity index (χ2v) is 27.9. The number of fused-ring (bicyclic) bond motifs is 14. The maximum atomic E-state index is 9.42. The van der Waals surface area contributed by atoms with Gasteiger partial charge in [-0.3, -0.25) is 13.7 Å². The van der Waals surface area contributed by atoms with Crippen LogP contribution in [0.25, 0.3) is 133 Å². The molecule has 0 spiro atoms. The number of imidazole rings is 1. The van der Waals surface area contributed by atoms with Crippen LogP contribution in [0.4, 0.5) is 0 Å². The minimum absolute atomic E-state index is 0.0827. The fraction of sp³-hybridized carbons (Fsp3) is 0.182. The molecule has 4 aromatic heterocycles. The molecular formula is C88H75N5O. The van der Waals surface area contributed by atoms with Crippen molar-refractivity contribution < 1.29 is 25.8 Å². The fourth-order valence-corrected chi connectivity index (χ4v) is 15.3. The van der Waals surface area contributed by atoms with Gasteiger partial charge in [-0.15, -0.1) is 0 Å². The van der Waals surface area contributed by atoms with Crippen molar-refractivity contribution in [3.63, 3.8) is 0 Å². The lowest BCUT2D eigenvalue weighted by atomic mass is 9.62. The molecule has 11 aromatic carbocycles. The van der Waals surface area contributed by atoms with Crippen molar-refractivity contribution in [2.24, 2.45) is 0 Å². The Labute approximate surface area is 567 Å². The van der Waals surface area contributed by atoms with Crippen molar-refractivity contribution in [1.82, 2.24) is 18.7 Å². The van der Waals surface area contributed by atoms with Crippen molar-refractivity contribution in [2.45, 2.75) is 105 Å². The number of rotatable bonds is 7. The molecule has 0 atom stereocenters. The molecule has 15 aromatic rings. The van der Waals surface area contributed by atoms with Crippen LogP contribution in [0.2, 0.25) is 0 Å². The highest BCUT2D eigenvalue weighted by Gasteiger charge is 2.39. The topological polar surface area (TPSA) is 40.8 Å². The van der Waals surface area contributed by atoms with E-state index in [9.17, 15) is 8.22 Å². The number of hydrogen-bond acceptors (Lipinski definition) is 2. The van der Waals surface area contributed by atoms with Crippen LogP contribution in [-0.4, -0.2) is 18.7 Å². The lowest BCUT2D eigenvalue weighted by Crippen LogP contribution is -2.34. The average molecular weight is 1230 g/mol. The number of aromatic nitrogens is 5. The molecule has 0 radical (unpaired) electrons. The van der Waals surface area contributed by atoms with Crippen LogP contribution < -0.4 is 9.30 Å². The minimum atomic E-state index is -2.96. The predicted octanol–water partition coefficient (Wildman–Crippen LogP) is 22.6. The molecule has 0 bridgehead atoms. The lowest BCUT2D eigenvalue weighted by Gasteiger charge is -2.42. The third-order valence-corrected chi connectivity index (χ3v) is 20.2. The molecule has 17 rings (SSSR count). The Balaban J connectivity index is 1.03. The molecule has 0 N–H and O–H groups in total. The first-order valence-corrected chi connectivity index (χ1v) is 32.3. The zero-order chi connectivity index (χ0) is 74.3. The Bertz CT molecular complexity index is 6070. The van der Waals surface area contributed by atoms with Crippen LogP contribution in [-0.2, 0) is 16.2 Å². The molecule has 2 aliphatic rings. The summed E-state index contributed by atoms with van der Waals surface area (Å²) in [5, 5.41) is 4.18. The molecule has 0 amide bonds. The molecular weight excluding hydrogens is 1140 g/mol. The van der Waals surface area contributed by atoms with Crippen molar-refractivity contribution in [3.05, 3.63) is 276 Å². The summed E-state index contributed by atoms with van der Waals surface area (Å²) in [6, 6.07) is 72.2. The largest absolute Gasteiger partial charge is 0.458 e. The van der Waals surface area contributed by atoms with E-state index in [1.54, 1.807) is 6.07 Å². The monoisotopic (exact) mass is 1230 g/mol. The normalized spacial score (nSPS) is 16.4. The van der Waals surface area contributed by atoms with E-state index in [2.05, 4.69) is 155 Å².